The van der Waals surface area contributed by atoms with Gasteiger partial charge in [-0.2, -0.15) is 0 Å². The normalized spacial score (nSPS) is 12.3. The number of amides is 1. The van der Waals surface area contributed by atoms with Gasteiger partial charge in [0.25, 0.3) is 0 Å². The standard InChI is InChI=1S/C14H17NO3/c1-11(13-6-4-10-18-13)15(2)14(16)8-7-12-5-3-9-17-12/h3-6,9-11H,7-8H2,1-2H3. The van der Waals surface area contributed by atoms with Crippen LogP contribution < -0.4 is 0 Å². The first-order valence-electron chi connectivity index (χ1n) is 6.00. The van der Waals surface area contributed by atoms with Gasteiger partial charge in [0.05, 0.1) is 18.6 Å². The van der Waals surface area contributed by atoms with Crippen molar-refractivity contribution in [1.82, 2.24) is 4.90 Å². The SMILES string of the molecule is CC(c1ccco1)N(C)C(=O)CCc1ccco1. The van der Waals surface area contributed by atoms with Crippen molar-refractivity contribution in [3.05, 3.63) is 48.3 Å². The molecule has 96 valence electrons. The van der Waals surface area contributed by atoms with E-state index in [-0.39, 0.29) is 11.9 Å². The quantitative estimate of drug-likeness (QED) is 0.815. The lowest BCUT2D eigenvalue weighted by atomic mass is 10.2. The Labute approximate surface area is 106 Å². The summed E-state index contributed by atoms with van der Waals surface area (Å²) in [4.78, 5) is 13.7. The summed E-state index contributed by atoms with van der Waals surface area (Å²) in [5.74, 6) is 1.71. The Hall–Kier alpha value is -1.97. The zero-order chi connectivity index (χ0) is 13.0. The van der Waals surface area contributed by atoms with Crippen molar-refractivity contribution in [1.29, 1.82) is 0 Å². The lowest BCUT2D eigenvalue weighted by Gasteiger charge is -2.23. The Morgan fingerprint density at radius 2 is 2.00 bits per heavy atom. The first-order valence-corrected chi connectivity index (χ1v) is 6.00. The van der Waals surface area contributed by atoms with E-state index in [1.165, 1.54) is 0 Å². The third-order valence-corrected chi connectivity index (χ3v) is 3.09. The summed E-state index contributed by atoms with van der Waals surface area (Å²) in [7, 11) is 1.79. The highest BCUT2D eigenvalue weighted by Gasteiger charge is 2.19. The molecule has 0 aliphatic carbocycles. The molecule has 0 saturated heterocycles. The molecular formula is C14H17NO3. The minimum Gasteiger partial charge on any atom is -0.469 e. The van der Waals surface area contributed by atoms with Crippen molar-refractivity contribution in [3.8, 4) is 0 Å². The number of carbonyl (C=O) groups excluding carboxylic acids is 1. The molecule has 2 aromatic rings. The molecule has 2 rings (SSSR count). The van der Waals surface area contributed by atoms with Crippen LogP contribution in [0.5, 0.6) is 0 Å². The summed E-state index contributed by atoms with van der Waals surface area (Å²) in [5.41, 5.74) is 0. The van der Waals surface area contributed by atoms with Crippen LogP contribution in [-0.4, -0.2) is 17.9 Å². The molecule has 18 heavy (non-hydrogen) atoms. The maximum atomic E-state index is 12.0. The van der Waals surface area contributed by atoms with E-state index in [0.29, 0.717) is 12.8 Å². The Morgan fingerprint density at radius 3 is 2.61 bits per heavy atom. The van der Waals surface area contributed by atoms with Gasteiger partial charge in [-0.15, -0.1) is 0 Å². The molecular weight excluding hydrogens is 230 g/mol. The van der Waals surface area contributed by atoms with Crippen molar-refractivity contribution in [3.63, 3.8) is 0 Å². The third-order valence-electron chi connectivity index (χ3n) is 3.09. The average molecular weight is 247 g/mol. The van der Waals surface area contributed by atoms with E-state index in [0.717, 1.165) is 11.5 Å². The molecule has 0 fully saturated rings. The molecule has 0 radical (unpaired) electrons. The molecule has 4 nitrogen and oxygen atoms in total. The number of carbonyl (C=O) groups is 1. The fraction of sp³-hybridized carbons (Fsp3) is 0.357. The van der Waals surface area contributed by atoms with Crippen LogP contribution in [0.15, 0.2) is 45.6 Å². The van der Waals surface area contributed by atoms with Crippen LogP contribution in [0.25, 0.3) is 0 Å². The fourth-order valence-electron chi connectivity index (χ4n) is 1.80. The second kappa shape index (κ2) is 5.58. The monoisotopic (exact) mass is 247 g/mol. The Morgan fingerprint density at radius 1 is 1.28 bits per heavy atom. The zero-order valence-corrected chi connectivity index (χ0v) is 10.6. The van der Waals surface area contributed by atoms with Crippen molar-refractivity contribution >= 4 is 5.91 Å². The van der Waals surface area contributed by atoms with E-state index in [4.69, 9.17) is 8.83 Å². The summed E-state index contributed by atoms with van der Waals surface area (Å²) in [5, 5.41) is 0. The molecule has 1 atom stereocenters. The molecule has 0 saturated carbocycles. The molecule has 2 heterocycles. The smallest absolute Gasteiger partial charge is 0.223 e. The largest absolute Gasteiger partial charge is 0.469 e. The Balaban J connectivity index is 1.88. The van der Waals surface area contributed by atoms with Crippen molar-refractivity contribution < 1.29 is 13.6 Å². The molecule has 0 aliphatic heterocycles. The van der Waals surface area contributed by atoms with E-state index in [1.807, 2.05) is 31.2 Å². The summed E-state index contributed by atoms with van der Waals surface area (Å²) in [6.07, 6.45) is 4.30. The molecule has 4 heteroatoms. The minimum absolute atomic E-state index is 0.0518. The number of furan rings is 2. The van der Waals surface area contributed by atoms with Crippen molar-refractivity contribution in [2.75, 3.05) is 7.05 Å². The Bertz CT molecular complexity index is 473. The number of aryl methyl sites for hydroxylation is 1. The minimum atomic E-state index is -0.0518. The highest BCUT2D eigenvalue weighted by Crippen LogP contribution is 2.20. The molecule has 0 bridgehead atoms. The van der Waals surface area contributed by atoms with Crippen LogP contribution in [0, 0.1) is 0 Å². The first-order chi connectivity index (χ1) is 8.68. The van der Waals surface area contributed by atoms with Gasteiger partial charge >= 0.3 is 0 Å². The van der Waals surface area contributed by atoms with Gasteiger partial charge in [-0.25, -0.2) is 0 Å². The maximum Gasteiger partial charge on any atom is 0.223 e. The second-order valence-electron chi connectivity index (χ2n) is 4.28. The van der Waals surface area contributed by atoms with Crippen LogP contribution in [0.4, 0.5) is 0 Å². The lowest BCUT2D eigenvalue weighted by Crippen LogP contribution is -2.29. The van der Waals surface area contributed by atoms with Gasteiger partial charge in [-0.05, 0) is 31.2 Å². The molecule has 1 amide bonds. The lowest BCUT2D eigenvalue weighted by molar-refractivity contribution is -0.132. The van der Waals surface area contributed by atoms with Gasteiger partial charge < -0.3 is 13.7 Å². The van der Waals surface area contributed by atoms with Crippen LogP contribution in [0.2, 0.25) is 0 Å². The number of rotatable bonds is 5. The molecule has 1 unspecified atom stereocenters. The van der Waals surface area contributed by atoms with Crippen LogP contribution in [-0.2, 0) is 11.2 Å². The summed E-state index contributed by atoms with van der Waals surface area (Å²) >= 11 is 0. The second-order valence-corrected chi connectivity index (χ2v) is 4.28. The van der Waals surface area contributed by atoms with E-state index in [1.54, 1.807) is 24.5 Å². The van der Waals surface area contributed by atoms with Gasteiger partial charge in [0.2, 0.25) is 5.91 Å². The maximum absolute atomic E-state index is 12.0. The van der Waals surface area contributed by atoms with E-state index >= 15 is 0 Å². The average Bonchev–Trinajstić information content (AvgIpc) is 3.06. The summed E-state index contributed by atoms with van der Waals surface area (Å²) in [6.45, 7) is 1.95. The van der Waals surface area contributed by atoms with Crippen LogP contribution in [0.1, 0.15) is 30.9 Å². The van der Waals surface area contributed by atoms with Crippen molar-refractivity contribution in [2.45, 2.75) is 25.8 Å². The molecule has 0 aromatic carbocycles. The zero-order valence-electron chi connectivity index (χ0n) is 10.6. The number of hydrogen-bond acceptors (Lipinski definition) is 3. The highest BCUT2D eigenvalue weighted by atomic mass is 16.3. The van der Waals surface area contributed by atoms with Gasteiger partial charge in [0.15, 0.2) is 0 Å². The van der Waals surface area contributed by atoms with E-state index in [9.17, 15) is 4.79 Å². The first kappa shape index (κ1) is 12.5. The van der Waals surface area contributed by atoms with E-state index < -0.39 is 0 Å². The topological polar surface area (TPSA) is 46.6 Å². The number of hydrogen-bond donors (Lipinski definition) is 0. The summed E-state index contributed by atoms with van der Waals surface area (Å²) < 4.78 is 10.5. The molecule has 0 spiro atoms. The molecule has 0 aliphatic rings. The third kappa shape index (κ3) is 2.83. The number of nitrogens with zero attached hydrogens (tertiary/aromatic N) is 1. The van der Waals surface area contributed by atoms with Crippen LogP contribution in [0.3, 0.4) is 0 Å². The van der Waals surface area contributed by atoms with Crippen molar-refractivity contribution in [2.24, 2.45) is 0 Å². The Kier molecular flexibility index (Phi) is 3.87. The highest BCUT2D eigenvalue weighted by molar-refractivity contribution is 5.76. The van der Waals surface area contributed by atoms with E-state index in [2.05, 4.69) is 0 Å². The van der Waals surface area contributed by atoms with Crippen LogP contribution >= 0.6 is 0 Å². The molecule has 2 aromatic heterocycles. The fourth-order valence-corrected chi connectivity index (χ4v) is 1.80. The summed E-state index contributed by atoms with van der Waals surface area (Å²) in [6, 6.07) is 7.36. The predicted octanol–water partition coefficient (Wildman–Crippen LogP) is 3.02. The van der Waals surface area contributed by atoms with Gasteiger partial charge in [-0.1, -0.05) is 0 Å². The molecule has 0 N–H and O–H groups in total. The van der Waals surface area contributed by atoms with Gasteiger partial charge in [0, 0.05) is 19.9 Å². The van der Waals surface area contributed by atoms with Gasteiger partial charge in [0.1, 0.15) is 11.5 Å². The predicted molar refractivity (Wildman–Crippen MR) is 66.9 cm³/mol. The van der Waals surface area contributed by atoms with Gasteiger partial charge in [-0.3, -0.25) is 4.79 Å².